The maximum atomic E-state index is 12.2. The summed E-state index contributed by atoms with van der Waals surface area (Å²) in [5.74, 6) is -1.16. The van der Waals surface area contributed by atoms with Gasteiger partial charge < -0.3 is 10.4 Å². The summed E-state index contributed by atoms with van der Waals surface area (Å²) in [5, 5.41) is 12.2. The van der Waals surface area contributed by atoms with Crippen molar-refractivity contribution in [2.24, 2.45) is 17.8 Å². The van der Waals surface area contributed by atoms with Crippen LogP contribution in [0.25, 0.3) is 0 Å². The fraction of sp³-hybridized carbons (Fsp3) is 0.875. The first-order valence-corrected chi connectivity index (χ1v) is 8.10. The van der Waals surface area contributed by atoms with Crippen LogP contribution in [0.5, 0.6) is 0 Å². The number of unbranched alkanes of at least 4 members (excludes halogenated alkanes) is 1. The van der Waals surface area contributed by atoms with Gasteiger partial charge in [0.2, 0.25) is 5.91 Å². The molecule has 4 heteroatoms. The molecule has 1 saturated carbocycles. The summed E-state index contributed by atoms with van der Waals surface area (Å²) in [4.78, 5) is 23.5. The SMILES string of the molecule is CCCCC(CC)CNC(=O)C1CCCCC1C(=O)O. The van der Waals surface area contributed by atoms with Gasteiger partial charge in [0.05, 0.1) is 11.8 Å². The molecule has 3 atom stereocenters. The highest BCUT2D eigenvalue weighted by molar-refractivity contribution is 5.84. The van der Waals surface area contributed by atoms with Crippen LogP contribution in [0.1, 0.15) is 65.2 Å². The lowest BCUT2D eigenvalue weighted by molar-refractivity contribution is -0.148. The van der Waals surface area contributed by atoms with Crippen molar-refractivity contribution in [1.29, 1.82) is 0 Å². The Bertz CT molecular complexity index is 317. The molecule has 116 valence electrons. The van der Waals surface area contributed by atoms with Gasteiger partial charge in [0.1, 0.15) is 0 Å². The van der Waals surface area contributed by atoms with E-state index in [-0.39, 0.29) is 11.8 Å². The predicted molar refractivity (Wildman–Crippen MR) is 79.4 cm³/mol. The fourth-order valence-electron chi connectivity index (χ4n) is 3.06. The van der Waals surface area contributed by atoms with E-state index in [0.717, 1.165) is 25.7 Å². The molecular formula is C16H29NO3. The zero-order valence-corrected chi connectivity index (χ0v) is 12.9. The number of carboxylic acid groups (broad SMARTS) is 1. The topological polar surface area (TPSA) is 66.4 Å². The maximum Gasteiger partial charge on any atom is 0.307 e. The van der Waals surface area contributed by atoms with Crippen molar-refractivity contribution in [2.45, 2.75) is 65.2 Å². The summed E-state index contributed by atoms with van der Waals surface area (Å²) in [6, 6.07) is 0. The van der Waals surface area contributed by atoms with Gasteiger partial charge in [0.25, 0.3) is 0 Å². The van der Waals surface area contributed by atoms with Crippen LogP contribution in [0.2, 0.25) is 0 Å². The Labute approximate surface area is 122 Å². The van der Waals surface area contributed by atoms with Gasteiger partial charge in [0.15, 0.2) is 0 Å². The van der Waals surface area contributed by atoms with Crippen LogP contribution in [-0.4, -0.2) is 23.5 Å². The smallest absolute Gasteiger partial charge is 0.307 e. The summed E-state index contributed by atoms with van der Waals surface area (Å²) >= 11 is 0. The third-order valence-electron chi connectivity index (χ3n) is 4.53. The van der Waals surface area contributed by atoms with E-state index in [0.29, 0.717) is 25.3 Å². The van der Waals surface area contributed by atoms with E-state index in [9.17, 15) is 14.7 Å². The van der Waals surface area contributed by atoms with Crippen LogP contribution < -0.4 is 5.32 Å². The van der Waals surface area contributed by atoms with Gasteiger partial charge >= 0.3 is 5.97 Å². The summed E-state index contributed by atoms with van der Waals surface area (Å²) in [7, 11) is 0. The molecule has 20 heavy (non-hydrogen) atoms. The number of hydrogen-bond acceptors (Lipinski definition) is 2. The molecule has 1 fully saturated rings. The second-order valence-electron chi connectivity index (χ2n) is 6.00. The third-order valence-corrected chi connectivity index (χ3v) is 4.53. The fourth-order valence-corrected chi connectivity index (χ4v) is 3.06. The first-order chi connectivity index (χ1) is 9.60. The average Bonchev–Trinajstić information content (AvgIpc) is 2.47. The average molecular weight is 283 g/mol. The van der Waals surface area contributed by atoms with Gasteiger partial charge in [-0.05, 0) is 25.2 Å². The van der Waals surface area contributed by atoms with Gasteiger partial charge in [-0.3, -0.25) is 9.59 Å². The lowest BCUT2D eigenvalue weighted by Crippen LogP contribution is -2.41. The number of nitrogens with one attached hydrogen (secondary N) is 1. The summed E-state index contributed by atoms with van der Waals surface area (Å²) < 4.78 is 0. The molecular weight excluding hydrogens is 254 g/mol. The van der Waals surface area contributed by atoms with Gasteiger partial charge in [-0.1, -0.05) is 46.0 Å². The summed E-state index contributed by atoms with van der Waals surface area (Å²) in [6.45, 7) is 5.01. The number of carbonyl (C=O) groups is 2. The molecule has 4 nitrogen and oxygen atoms in total. The molecule has 0 radical (unpaired) electrons. The van der Waals surface area contributed by atoms with Crippen LogP contribution in [0.4, 0.5) is 0 Å². The molecule has 0 saturated heterocycles. The van der Waals surface area contributed by atoms with Crippen molar-refractivity contribution in [3.63, 3.8) is 0 Å². The van der Waals surface area contributed by atoms with Gasteiger partial charge in [-0.2, -0.15) is 0 Å². The first-order valence-electron chi connectivity index (χ1n) is 8.10. The molecule has 1 amide bonds. The highest BCUT2D eigenvalue weighted by Gasteiger charge is 2.35. The lowest BCUT2D eigenvalue weighted by Gasteiger charge is -2.28. The van der Waals surface area contributed by atoms with Crippen LogP contribution in [-0.2, 0) is 9.59 Å². The largest absolute Gasteiger partial charge is 0.481 e. The van der Waals surface area contributed by atoms with Crippen LogP contribution >= 0.6 is 0 Å². The molecule has 1 aliphatic rings. The number of aliphatic carboxylic acids is 1. The van der Waals surface area contributed by atoms with Crippen molar-refractivity contribution in [2.75, 3.05) is 6.54 Å². The molecule has 0 aliphatic heterocycles. The molecule has 3 unspecified atom stereocenters. The first kappa shape index (κ1) is 17.0. The van der Waals surface area contributed by atoms with Crippen molar-refractivity contribution < 1.29 is 14.7 Å². The second kappa shape index (κ2) is 8.98. The Morgan fingerprint density at radius 1 is 1.20 bits per heavy atom. The van der Waals surface area contributed by atoms with Gasteiger partial charge in [0, 0.05) is 6.54 Å². The maximum absolute atomic E-state index is 12.2. The highest BCUT2D eigenvalue weighted by Crippen LogP contribution is 2.30. The summed E-state index contributed by atoms with van der Waals surface area (Å²) in [6.07, 6.45) is 7.82. The van der Waals surface area contributed by atoms with Crippen LogP contribution in [0.3, 0.4) is 0 Å². The molecule has 0 spiro atoms. The molecule has 0 aromatic rings. The zero-order valence-electron chi connectivity index (χ0n) is 12.9. The molecule has 0 bridgehead atoms. The van der Waals surface area contributed by atoms with Crippen molar-refractivity contribution in [3.8, 4) is 0 Å². The summed E-state index contributed by atoms with van der Waals surface area (Å²) in [5.41, 5.74) is 0. The molecule has 0 heterocycles. The number of rotatable bonds is 8. The number of carboxylic acids is 1. The Hall–Kier alpha value is -1.06. The molecule has 1 rings (SSSR count). The minimum absolute atomic E-state index is 0.0490. The van der Waals surface area contributed by atoms with E-state index in [1.165, 1.54) is 12.8 Å². The van der Waals surface area contributed by atoms with Crippen molar-refractivity contribution in [1.82, 2.24) is 5.32 Å². The number of amides is 1. The van der Waals surface area contributed by atoms with E-state index in [1.807, 2.05) is 0 Å². The Morgan fingerprint density at radius 2 is 1.85 bits per heavy atom. The lowest BCUT2D eigenvalue weighted by atomic mass is 9.78. The second-order valence-corrected chi connectivity index (χ2v) is 6.00. The standard InChI is InChI=1S/C16H29NO3/c1-3-5-8-12(4-2)11-17-15(18)13-9-6-7-10-14(13)16(19)20/h12-14H,3-11H2,1-2H3,(H,17,18)(H,19,20). The minimum Gasteiger partial charge on any atom is -0.481 e. The van der Waals surface area contributed by atoms with Gasteiger partial charge in [-0.25, -0.2) is 0 Å². The van der Waals surface area contributed by atoms with E-state index in [4.69, 9.17) is 0 Å². The van der Waals surface area contributed by atoms with Gasteiger partial charge in [-0.15, -0.1) is 0 Å². The minimum atomic E-state index is -0.817. The monoisotopic (exact) mass is 283 g/mol. The van der Waals surface area contributed by atoms with Crippen molar-refractivity contribution >= 4 is 11.9 Å². The molecule has 0 aromatic carbocycles. The normalized spacial score (nSPS) is 24.1. The number of carbonyl (C=O) groups excluding carboxylic acids is 1. The van der Waals surface area contributed by atoms with E-state index < -0.39 is 11.9 Å². The zero-order chi connectivity index (χ0) is 15.0. The molecule has 2 N–H and O–H groups in total. The Morgan fingerprint density at radius 3 is 2.40 bits per heavy atom. The third kappa shape index (κ3) is 5.14. The molecule has 1 aliphatic carbocycles. The van der Waals surface area contributed by atoms with E-state index in [1.54, 1.807) is 0 Å². The predicted octanol–water partition coefficient (Wildman–Crippen LogP) is 3.21. The van der Waals surface area contributed by atoms with E-state index >= 15 is 0 Å². The quantitative estimate of drug-likeness (QED) is 0.719. The van der Waals surface area contributed by atoms with Crippen LogP contribution in [0.15, 0.2) is 0 Å². The van der Waals surface area contributed by atoms with Crippen molar-refractivity contribution in [3.05, 3.63) is 0 Å². The molecule has 0 aromatic heterocycles. The van der Waals surface area contributed by atoms with Crippen LogP contribution in [0, 0.1) is 17.8 Å². The Kier molecular flexibility index (Phi) is 7.63. The number of hydrogen-bond donors (Lipinski definition) is 2. The highest BCUT2D eigenvalue weighted by atomic mass is 16.4. The Balaban J connectivity index is 2.45. The van der Waals surface area contributed by atoms with E-state index in [2.05, 4.69) is 19.2 Å².